The Kier molecular flexibility index (Phi) is 3.38. The van der Waals surface area contributed by atoms with Crippen molar-refractivity contribution in [2.45, 2.75) is 0 Å². The first kappa shape index (κ1) is 13.9. The maximum absolute atomic E-state index is 13.2. The molecule has 0 fully saturated rings. The molecule has 1 heterocycles. The molecule has 22 heavy (non-hydrogen) atoms. The van der Waals surface area contributed by atoms with Gasteiger partial charge in [0.25, 0.3) is 5.69 Å². The molecule has 0 atom stereocenters. The minimum Gasteiger partial charge on any atom is -0.457 e. The van der Waals surface area contributed by atoms with E-state index in [0.29, 0.717) is 10.8 Å². The molecule has 7 heteroatoms. The molecule has 0 spiro atoms. The van der Waals surface area contributed by atoms with Crippen LogP contribution in [0.2, 0.25) is 0 Å². The van der Waals surface area contributed by atoms with Gasteiger partial charge in [-0.15, -0.1) is 0 Å². The zero-order chi connectivity index (χ0) is 15.7. The predicted molar refractivity (Wildman–Crippen MR) is 74.8 cm³/mol. The smallest absolute Gasteiger partial charge is 0.279 e. The molecule has 0 saturated carbocycles. The van der Waals surface area contributed by atoms with E-state index in [4.69, 9.17) is 4.74 Å². The van der Waals surface area contributed by atoms with Crippen molar-refractivity contribution in [1.82, 2.24) is 4.98 Å². The molecule has 1 aromatic heterocycles. The first-order valence-corrected chi connectivity index (χ1v) is 6.20. The van der Waals surface area contributed by atoms with Crippen LogP contribution in [0.1, 0.15) is 0 Å². The number of benzene rings is 2. The number of rotatable bonds is 3. The summed E-state index contributed by atoms with van der Waals surface area (Å²) in [7, 11) is 0. The summed E-state index contributed by atoms with van der Waals surface area (Å²) in [5.74, 6) is -1.64. The molecule has 0 aliphatic heterocycles. The lowest BCUT2D eigenvalue weighted by molar-refractivity contribution is -0.383. The van der Waals surface area contributed by atoms with Crippen molar-refractivity contribution in [2.75, 3.05) is 0 Å². The predicted octanol–water partition coefficient (Wildman–Crippen LogP) is 4.21. The van der Waals surface area contributed by atoms with Gasteiger partial charge >= 0.3 is 0 Å². The van der Waals surface area contributed by atoms with Crippen LogP contribution in [0, 0.1) is 21.7 Å². The van der Waals surface area contributed by atoms with E-state index in [1.807, 2.05) is 0 Å². The van der Waals surface area contributed by atoms with Crippen molar-refractivity contribution >= 4 is 16.5 Å². The molecule has 110 valence electrons. The second-order valence-corrected chi connectivity index (χ2v) is 4.44. The summed E-state index contributed by atoms with van der Waals surface area (Å²) in [4.78, 5) is 14.4. The molecule has 0 aliphatic rings. The van der Waals surface area contributed by atoms with Gasteiger partial charge in [0.1, 0.15) is 11.5 Å². The molecule has 0 radical (unpaired) electrons. The van der Waals surface area contributed by atoms with E-state index >= 15 is 0 Å². The number of non-ortho nitro benzene ring substituents is 1. The van der Waals surface area contributed by atoms with Crippen LogP contribution in [0.5, 0.6) is 11.5 Å². The standard InChI is InChI=1S/C15H8F2N2O3/c16-12-2-1-9(7-13(12)17)22-15-4-3-14(19(20)21)11-8-18-6-5-10(11)15/h1-8H. The Labute approximate surface area is 122 Å². The van der Waals surface area contributed by atoms with Crippen LogP contribution < -0.4 is 4.74 Å². The van der Waals surface area contributed by atoms with Crippen LogP contribution in [0.4, 0.5) is 14.5 Å². The number of aromatic nitrogens is 1. The van der Waals surface area contributed by atoms with E-state index in [2.05, 4.69) is 4.98 Å². The molecule has 0 amide bonds. The summed E-state index contributed by atoms with van der Waals surface area (Å²) in [6.07, 6.45) is 2.82. The largest absolute Gasteiger partial charge is 0.457 e. The van der Waals surface area contributed by atoms with Gasteiger partial charge in [-0.3, -0.25) is 15.1 Å². The first-order valence-electron chi connectivity index (χ1n) is 6.20. The van der Waals surface area contributed by atoms with Gasteiger partial charge in [0.15, 0.2) is 11.6 Å². The van der Waals surface area contributed by atoms with Gasteiger partial charge in [0.05, 0.1) is 10.3 Å². The highest BCUT2D eigenvalue weighted by atomic mass is 19.2. The van der Waals surface area contributed by atoms with Crippen LogP contribution in [0.3, 0.4) is 0 Å². The third kappa shape index (κ3) is 2.44. The molecular weight excluding hydrogens is 294 g/mol. The molecule has 3 aromatic rings. The van der Waals surface area contributed by atoms with Crippen LogP contribution in [-0.2, 0) is 0 Å². The highest BCUT2D eigenvalue weighted by molar-refractivity contribution is 5.94. The van der Waals surface area contributed by atoms with E-state index in [1.165, 1.54) is 30.6 Å². The number of hydrogen-bond acceptors (Lipinski definition) is 4. The second kappa shape index (κ2) is 5.36. The summed E-state index contributed by atoms with van der Waals surface area (Å²) < 4.78 is 31.6. The molecular formula is C15H8F2N2O3. The zero-order valence-electron chi connectivity index (χ0n) is 11.0. The minimum absolute atomic E-state index is 0.0888. The lowest BCUT2D eigenvalue weighted by atomic mass is 10.1. The van der Waals surface area contributed by atoms with Crippen molar-refractivity contribution in [2.24, 2.45) is 0 Å². The van der Waals surface area contributed by atoms with Gasteiger partial charge in [-0.2, -0.15) is 0 Å². The van der Waals surface area contributed by atoms with Crippen molar-refractivity contribution < 1.29 is 18.4 Å². The quantitative estimate of drug-likeness (QED) is 0.537. The van der Waals surface area contributed by atoms with E-state index in [0.717, 1.165) is 12.1 Å². The van der Waals surface area contributed by atoms with Gasteiger partial charge in [0, 0.05) is 29.9 Å². The SMILES string of the molecule is O=[N+]([O-])c1ccc(Oc2ccc(F)c(F)c2)c2ccncc12. The van der Waals surface area contributed by atoms with Gasteiger partial charge < -0.3 is 4.74 Å². The van der Waals surface area contributed by atoms with Gasteiger partial charge in [-0.05, 0) is 24.3 Å². The minimum atomic E-state index is -1.04. The first-order chi connectivity index (χ1) is 10.6. The number of nitrogens with zero attached hydrogens (tertiary/aromatic N) is 2. The number of pyridine rings is 1. The van der Waals surface area contributed by atoms with Gasteiger partial charge in [-0.1, -0.05) is 0 Å². The summed E-state index contributed by atoms with van der Waals surface area (Å²) in [5, 5.41) is 11.8. The Balaban J connectivity index is 2.10. The lowest BCUT2D eigenvalue weighted by Gasteiger charge is -2.09. The van der Waals surface area contributed by atoms with Crippen LogP contribution in [0.25, 0.3) is 10.8 Å². The molecule has 0 N–H and O–H groups in total. The van der Waals surface area contributed by atoms with E-state index < -0.39 is 16.6 Å². The molecule has 2 aromatic carbocycles. The van der Waals surface area contributed by atoms with E-state index in [1.54, 1.807) is 6.07 Å². The number of halogens is 2. The Morgan fingerprint density at radius 2 is 1.86 bits per heavy atom. The Bertz CT molecular complexity index is 884. The zero-order valence-corrected chi connectivity index (χ0v) is 11.0. The molecule has 5 nitrogen and oxygen atoms in total. The second-order valence-electron chi connectivity index (χ2n) is 4.44. The third-order valence-corrected chi connectivity index (χ3v) is 3.07. The molecule has 0 aliphatic carbocycles. The van der Waals surface area contributed by atoms with Crippen LogP contribution in [0.15, 0.2) is 48.8 Å². The fourth-order valence-corrected chi connectivity index (χ4v) is 2.06. The summed E-state index contributed by atoms with van der Waals surface area (Å²) >= 11 is 0. The fraction of sp³-hybridized carbons (Fsp3) is 0. The van der Waals surface area contributed by atoms with Crippen molar-refractivity contribution in [1.29, 1.82) is 0 Å². The van der Waals surface area contributed by atoms with Crippen molar-refractivity contribution in [3.05, 3.63) is 70.5 Å². The molecule has 0 bridgehead atoms. The molecule has 0 unspecified atom stereocenters. The van der Waals surface area contributed by atoms with Gasteiger partial charge in [0.2, 0.25) is 0 Å². The Morgan fingerprint density at radius 3 is 2.59 bits per heavy atom. The summed E-state index contributed by atoms with van der Waals surface area (Å²) in [6, 6.07) is 7.36. The number of hydrogen-bond donors (Lipinski definition) is 0. The Hall–Kier alpha value is -3.09. The third-order valence-electron chi connectivity index (χ3n) is 3.07. The van der Waals surface area contributed by atoms with E-state index in [-0.39, 0.29) is 17.2 Å². The van der Waals surface area contributed by atoms with Crippen LogP contribution >= 0.6 is 0 Å². The van der Waals surface area contributed by atoms with E-state index in [9.17, 15) is 18.9 Å². The average Bonchev–Trinajstić information content (AvgIpc) is 2.51. The molecule has 3 rings (SSSR count). The van der Waals surface area contributed by atoms with Gasteiger partial charge in [-0.25, -0.2) is 8.78 Å². The monoisotopic (exact) mass is 302 g/mol. The summed E-state index contributed by atoms with van der Waals surface area (Å²) in [6.45, 7) is 0. The van der Waals surface area contributed by atoms with Crippen molar-refractivity contribution in [3.8, 4) is 11.5 Å². The lowest BCUT2D eigenvalue weighted by Crippen LogP contribution is -1.93. The number of fused-ring (bicyclic) bond motifs is 1. The molecule has 0 saturated heterocycles. The summed E-state index contributed by atoms with van der Waals surface area (Å²) in [5.41, 5.74) is -0.110. The van der Waals surface area contributed by atoms with Crippen LogP contribution in [-0.4, -0.2) is 9.91 Å². The highest BCUT2D eigenvalue weighted by Gasteiger charge is 2.15. The highest BCUT2D eigenvalue weighted by Crippen LogP contribution is 2.35. The average molecular weight is 302 g/mol. The number of nitro groups is 1. The topological polar surface area (TPSA) is 65.3 Å². The number of ether oxygens (including phenoxy) is 1. The fourth-order valence-electron chi connectivity index (χ4n) is 2.06. The maximum atomic E-state index is 13.2. The van der Waals surface area contributed by atoms with Crippen molar-refractivity contribution in [3.63, 3.8) is 0 Å². The maximum Gasteiger partial charge on any atom is 0.279 e. The number of nitro benzene ring substituents is 1. The Morgan fingerprint density at radius 1 is 1.05 bits per heavy atom. The normalized spacial score (nSPS) is 10.6.